The largest absolute Gasteiger partial charge is 0.368 e. The fraction of sp³-hybridized carbons (Fsp3) is 0.391. The molecule has 0 aromatic heterocycles. The highest BCUT2D eigenvalue weighted by Gasteiger charge is 2.33. The van der Waals surface area contributed by atoms with Gasteiger partial charge in [0.1, 0.15) is 6.10 Å². The normalized spacial score (nSPS) is 17.8. The van der Waals surface area contributed by atoms with E-state index in [4.69, 9.17) is 4.74 Å². The van der Waals surface area contributed by atoms with E-state index >= 15 is 0 Å². The van der Waals surface area contributed by atoms with Crippen LogP contribution in [0.1, 0.15) is 37.3 Å². The van der Waals surface area contributed by atoms with Crippen molar-refractivity contribution in [3.63, 3.8) is 0 Å². The highest BCUT2D eigenvalue weighted by atomic mass is 32.2. The molecule has 170 valence electrons. The van der Waals surface area contributed by atoms with Crippen LogP contribution in [-0.4, -0.2) is 39.5 Å². The maximum absolute atomic E-state index is 13.0. The summed E-state index contributed by atoms with van der Waals surface area (Å²) < 4.78 is 34.1. The van der Waals surface area contributed by atoms with E-state index in [0.717, 1.165) is 24.1 Å². The standard InChI is InChI=1S/C23H27N3O5S/c1-3-22(27)24-17-7-9-21(15(2)13-17)32(29,30)25-18-6-8-19-16(14-18)10-11-26(19)23(28)20-5-4-12-31-20/h6-9,13-14,20,25H,3-5,10-12H2,1-2H3,(H,24,27). The van der Waals surface area contributed by atoms with Crippen molar-refractivity contribution in [1.82, 2.24) is 0 Å². The van der Waals surface area contributed by atoms with Gasteiger partial charge in [0, 0.05) is 36.6 Å². The zero-order valence-corrected chi connectivity index (χ0v) is 19.0. The number of fused-ring (bicyclic) bond motifs is 1. The fourth-order valence-corrected chi connectivity index (χ4v) is 5.41. The Morgan fingerprint density at radius 2 is 1.94 bits per heavy atom. The molecule has 1 fully saturated rings. The van der Waals surface area contributed by atoms with Gasteiger partial charge in [-0.05, 0) is 73.7 Å². The number of benzene rings is 2. The van der Waals surface area contributed by atoms with Crippen molar-refractivity contribution in [2.24, 2.45) is 0 Å². The lowest BCUT2D eigenvalue weighted by Crippen LogP contribution is -2.37. The average Bonchev–Trinajstić information content (AvgIpc) is 3.42. The minimum Gasteiger partial charge on any atom is -0.368 e. The van der Waals surface area contributed by atoms with E-state index in [1.54, 1.807) is 49.1 Å². The van der Waals surface area contributed by atoms with Gasteiger partial charge in [-0.1, -0.05) is 6.92 Å². The van der Waals surface area contributed by atoms with E-state index in [1.165, 1.54) is 6.07 Å². The smallest absolute Gasteiger partial charge is 0.262 e. The molecule has 0 spiro atoms. The van der Waals surface area contributed by atoms with Crippen LogP contribution in [0.5, 0.6) is 0 Å². The van der Waals surface area contributed by atoms with Gasteiger partial charge in [-0.25, -0.2) is 8.42 Å². The molecule has 0 aliphatic carbocycles. The number of anilines is 3. The minimum atomic E-state index is -3.82. The first-order chi connectivity index (χ1) is 15.3. The summed E-state index contributed by atoms with van der Waals surface area (Å²) in [5.74, 6) is -0.163. The summed E-state index contributed by atoms with van der Waals surface area (Å²) in [4.78, 5) is 26.2. The second-order valence-electron chi connectivity index (χ2n) is 8.07. The monoisotopic (exact) mass is 457 g/mol. The van der Waals surface area contributed by atoms with E-state index in [9.17, 15) is 18.0 Å². The Hall–Kier alpha value is -2.91. The average molecular weight is 458 g/mol. The van der Waals surface area contributed by atoms with Gasteiger partial charge in [-0.3, -0.25) is 14.3 Å². The third-order valence-electron chi connectivity index (χ3n) is 5.77. The van der Waals surface area contributed by atoms with Gasteiger partial charge in [-0.2, -0.15) is 0 Å². The first-order valence-electron chi connectivity index (χ1n) is 10.8. The van der Waals surface area contributed by atoms with Gasteiger partial charge in [0.2, 0.25) is 5.91 Å². The van der Waals surface area contributed by atoms with E-state index in [1.807, 2.05) is 0 Å². The summed E-state index contributed by atoms with van der Waals surface area (Å²) in [5.41, 5.74) is 3.26. The number of nitrogens with zero attached hydrogens (tertiary/aromatic N) is 1. The van der Waals surface area contributed by atoms with Crippen molar-refractivity contribution in [1.29, 1.82) is 0 Å². The third-order valence-corrected chi connectivity index (χ3v) is 7.31. The van der Waals surface area contributed by atoms with Gasteiger partial charge < -0.3 is 15.0 Å². The Bertz CT molecular complexity index is 1160. The molecule has 0 saturated carbocycles. The molecule has 9 heteroatoms. The van der Waals surface area contributed by atoms with Crippen molar-refractivity contribution in [2.45, 2.75) is 50.5 Å². The van der Waals surface area contributed by atoms with Gasteiger partial charge >= 0.3 is 0 Å². The van der Waals surface area contributed by atoms with Crippen LogP contribution in [0.3, 0.4) is 0 Å². The van der Waals surface area contributed by atoms with Gasteiger partial charge in [0.25, 0.3) is 15.9 Å². The van der Waals surface area contributed by atoms with Crippen LogP contribution in [0.15, 0.2) is 41.3 Å². The molecule has 8 nitrogen and oxygen atoms in total. The number of rotatable bonds is 6. The Morgan fingerprint density at radius 3 is 2.62 bits per heavy atom. The molecule has 4 rings (SSSR count). The summed E-state index contributed by atoms with van der Waals surface area (Å²) in [7, 11) is -3.82. The zero-order chi connectivity index (χ0) is 22.9. The van der Waals surface area contributed by atoms with Crippen LogP contribution in [0, 0.1) is 6.92 Å². The summed E-state index contributed by atoms with van der Waals surface area (Å²) in [5, 5.41) is 2.73. The molecule has 0 radical (unpaired) electrons. The van der Waals surface area contributed by atoms with Crippen molar-refractivity contribution in [2.75, 3.05) is 28.1 Å². The highest BCUT2D eigenvalue weighted by molar-refractivity contribution is 7.92. The van der Waals surface area contributed by atoms with Crippen LogP contribution in [0.4, 0.5) is 17.1 Å². The number of amides is 2. The van der Waals surface area contributed by atoms with Crippen LogP contribution in [0.2, 0.25) is 0 Å². The molecule has 1 atom stereocenters. The maximum atomic E-state index is 13.0. The number of carbonyl (C=O) groups is 2. The summed E-state index contributed by atoms with van der Waals surface area (Å²) in [6.45, 7) is 4.62. The van der Waals surface area contributed by atoms with E-state index in [0.29, 0.717) is 42.9 Å². The van der Waals surface area contributed by atoms with Gasteiger partial charge in [0.05, 0.1) is 4.90 Å². The Balaban J connectivity index is 1.51. The van der Waals surface area contributed by atoms with Crippen molar-refractivity contribution in [3.05, 3.63) is 47.5 Å². The van der Waals surface area contributed by atoms with Crippen LogP contribution in [0.25, 0.3) is 0 Å². The molecule has 1 saturated heterocycles. The molecule has 2 aliphatic rings. The topological polar surface area (TPSA) is 105 Å². The Morgan fingerprint density at radius 1 is 1.16 bits per heavy atom. The molecular weight excluding hydrogens is 430 g/mol. The molecule has 2 amide bonds. The number of hydrogen-bond acceptors (Lipinski definition) is 5. The molecule has 32 heavy (non-hydrogen) atoms. The first-order valence-corrected chi connectivity index (χ1v) is 12.3. The van der Waals surface area contributed by atoms with Gasteiger partial charge in [-0.15, -0.1) is 0 Å². The number of hydrogen-bond donors (Lipinski definition) is 2. The van der Waals surface area contributed by atoms with Crippen molar-refractivity contribution in [3.8, 4) is 0 Å². The second kappa shape index (κ2) is 8.91. The van der Waals surface area contributed by atoms with E-state index < -0.39 is 10.0 Å². The highest BCUT2D eigenvalue weighted by Crippen LogP contribution is 2.33. The molecule has 2 heterocycles. The summed E-state index contributed by atoms with van der Waals surface area (Å²) in [6.07, 6.45) is 2.25. The van der Waals surface area contributed by atoms with Crippen molar-refractivity contribution >= 4 is 38.9 Å². The first kappa shape index (κ1) is 22.3. The summed E-state index contributed by atoms with van der Waals surface area (Å²) >= 11 is 0. The van der Waals surface area contributed by atoms with Crippen LogP contribution in [-0.2, 0) is 30.8 Å². The summed E-state index contributed by atoms with van der Waals surface area (Å²) in [6, 6.07) is 9.93. The maximum Gasteiger partial charge on any atom is 0.262 e. The van der Waals surface area contributed by atoms with Crippen LogP contribution >= 0.6 is 0 Å². The molecule has 2 N–H and O–H groups in total. The van der Waals surface area contributed by atoms with E-state index in [2.05, 4.69) is 10.0 Å². The quantitative estimate of drug-likeness (QED) is 0.693. The number of nitrogens with one attached hydrogen (secondary N) is 2. The lowest BCUT2D eigenvalue weighted by atomic mass is 10.1. The number of aryl methyl sites for hydroxylation is 1. The predicted octanol–water partition coefficient (Wildman–Crippen LogP) is 3.21. The number of ether oxygens (including phenoxy) is 1. The fourth-order valence-electron chi connectivity index (χ4n) is 4.13. The Labute approximate surface area is 188 Å². The molecule has 0 bridgehead atoms. The van der Waals surface area contributed by atoms with Crippen molar-refractivity contribution < 1.29 is 22.7 Å². The molecule has 2 aromatic carbocycles. The molecular formula is C23H27N3O5S. The zero-order valence-electron chi connectivity index (χ0n) is 18.2. The lowest BCUT2D eigenvalue weighted by Gasteiger charge is -2.21. The predicted molar refractivity (Wildman–Crippen MR) is 122 cm³/mol. The SMILES string of the molecule is CCC(=O)Nc1ccc(S(=O)(=O)Nc2ccc3c(c2)CCN3C(=O)C2CCCO2)c(C)c1. The minimum absolute atomic E-state index is 0.0274. The second-order valence-corrected chi connectivity index (χ2v) is 9.72. The molecule has 2 aromatic rings. The number of sulfonamides is 1. The van der Waals surface area contributed by atoms with Crippen LogP contribution < -0.4 is 14.9 Å². The third kappa shape index (κ3) is 4.49. The molecule has 2 aliphatic heterocycles. The lowest BCUT2D eigenvalue weighted by molar-refractivity contribution is -0.127. The van der Waals surface area contributed by atoms with Gasteiger partial charge in [0.15, 0.2) is 0 Å². The molecule has 1 unspecified atom stereocenters. The Kier molecular flexibility index (Phi) is 6.21. The number of carbonyl (C=O) groups excluding carboxylic acids is 2. The van der Waals surface area contributed by atoms with E-state index in [-0.39, 0.29) is 22.8 Å².